The molecule has 1 aromatic heterocycles. The number of nitrogens with zero attached hydrogens (tertiary/aromatic N) is 2. The van der Waals surface area contributed by atoms with Crippen LogP contribution in [-0.2, 0) is 0 Å². The molecule has 1 aliphatic heterocycles. The van der Waals surface area contributed by atoms with Gasteiger partial charge in [-0.2, -0.15) is 0 Å². The lowest BCUT2D eigenvalue weighted by Crippen LogP contribution is -2.41. The first-order valence-corrected chi connectivity index (χ1v) is 7.68. The number of carbonyl (C=O) groups is 1. The summed E-state index contributed by atoms with van der Waals surface area (Å²) >= 11 is 6.12. The van der Waals surface area contributed by atoms with E-state index in [0.29, 0.717) is 16.1 Å². The average Bonchev–Trinajstić information content (AvgIpc) is 2.47. The number of piperidine rings is 1. The van der Waals surface area contributed by atoms with Crippen molar-refractivity contribution in [3.63, 3.8) is 0 Å². The number of hydrogen-bond acceptors (Lipinski definition) is 2. The van der Waals surface area contributed by atoms with E-state index in [2.05, 4.69) is 18.8 Å². The van der Waals surface area contributed by atoms with Gasteiger partial charge in [0.1, 0.15) is 5.15 Å². The molecule has 1 saturated heterocycles. The van der Waals surface area contributed by atoms with Gasteiger partial charge in [-0.25, -0.2) is 4.98 Å². The predicted octanol–water partition coefficient (Wildman–Crippen LogP) is 4.15. The molecule has 0 bridgehead atoms. The standard InChI is InChI=1S/C17H19ClN2O/c1-17(2)7-9-20(10-8-17)16(21)14-11-19-15(18)13-6-4-3-5-12(13)14/h3-6,11H,7-10H2,1-2H3. The molecule has 3 rings (SSSR count). The highest BCUT2D eigenvalue weighted by molar-refractivity contribution is 6.34. The first kappa shape index (κ1) is 14.3. The topological polar surface area (TPSA) is 33.2 Å². The molecule has 3 nitrogen and oxygen atoms in total. The largest absolute Gasteiger partial charge is 0.339 e. The third-order valence-electron chi connectivity index (χ3n) is 4.38. The van der Waals surface area contributed by atoms with Gasteiger partial charge in [-0.15, -0.1) is 0 Å². The number of carbonyl (C=O) groups excluding carboxylic acids is 1. The van der Waals surface area contributed by atoms with E-state index in [4.69, 9.17) is 11.6 Å². The van der Waals surface area contributed by atoms with Gasteiger partial charge in [-0.3, -0.25) is 4.79 Å². The van der Waals surface area contributed by atoms with Crippen LogP contribution in [0.25, 0.3) is 10.8 Å². The molecule has 0 N–H and O–H groups in total. The van der Waals surface area contributed by atoms with Crippen LogP contribution >= 0.6 is 11.6 Å². The number of aromatic nitrogens is 1. The number of amides is 1. The van der Waals surface area contributed by atoms with Crippen LogP contribution in [-0.4, -0.2) is 28.9 Å². The highest BCUT2D eigenvalue weighted by atomic mass is 35.5. The fraction of sp³-hybridized carbons (Fsp3) is 0.412. The van der Waals surface area contributed by atoms with E-state index in [-0.39, 0.29) is 5.91 Å². The molecule has 4 heteroatoms. The molecule has 1 fully saturated rings. The van der Waals surface area contributed by atoms with Crippen molar-refractivity contribution < 1.29 is 4.79 Å². The van der Waals surface area contributed by atoms with Crippen molar-refractivity contribution in [1.29, 1.82) is 0 Å². The zero-order valence-corrected chi connectivity index (χ0v) is 13.2. The number of likely N-dealkylation sites (tertiary alicyclic amines) is 1. The van der Waals surface area contributed by atoms with E-state index in [1.807, 2.05) is 29.2 Å². The molecule has 0 aliphatic carbocycles. The lowest BCUT2D eigenvalue weighted by Gasteiger charge is -2.37. The fourth-order valence-electron chi connectivity index (χ4n) is 2.81. The SMILES string of the molecule is CC1(C)CCN(C(=O)c2cnc(Cl)c3ccccc23)CC1. The minimum atomic E-state index is 0.0610. The monoisotopic (exact) mass is 302 g/mol. The quantitative estimate of drug-likeness (QED) is 0.741. The van der Waals surface area contributed by atoms with E-state index >= 15 is 0 Å². The second kappa shape index (κ2) is 5.30. The predicted molar refractivity (Wildman–Crippen MR) is 85.7 cm³/mol. The van der Waals surface area contributed by atoms with Gasteiger partial charge in [0.05, 0.1) is 5.56 Å². The summed E-state index contributed by atoms with van der Waals surface area (Å²) in [6, 6.07) is 7.67. The molecular formula is C17H19ClN2O. The summed E-state index contributed by atoms with van der Waals surface area (Å²) in [4.78, 5) is 18.9. The molecule has 2 heterocycles. The average molecular weight is 303 g/mol. The third-order valence-corrected chi connectivity index (χ3v) is 4.68. The number of pyridine rings is 1. The first-order valence-electron chi connectivity index (χ1n) is 7.30. The second-order valence-corrected chi connectivity index (χ2v) is 6.82. The molecule has 0 radical (unpaired) electrons. The summed E-state index contributed by atoms with van der Waals surface area (Å²) in [5, 5.41) is 2.16. The summed E-state index contributed by atoms with van der Waals surface area (Å²) in [6.07, 6.45) is 3.68. The molecule has 2 aromatic rings. The maximum atomic E-state index is 12.8. The Bertz CT molecular complexity index is 686. The van der Waals surface area contributed by atoms with Crippen molar-refractivity contribution in [3.05, 3.63) is 41.2 Å². The lowest BCUT2D eigenvalue weighted by molar-refractivity contribution is 0.0632. The van der Waals surface area contributed by atoms with Crippen LogP contribution in [0.5, 0.6) is 0 Å². The summed E-state index contributed by atoms with van der Waals surface area (Å²) in [5.41, 5.74) is 0.978. The Hall–Kier alpha value is -1.61. The zero-order valence-electron chi connectivity index (χ0n) is 12.4. The zero-order chi connectivity index (χ0) is 15.0. The van der Waals surface area contributed by atoms with Gasteiger partial charge in [0.2, 0.25) is 0 Å². The smallest absolute Gasteiger partial charge is 0.256 e. The summed E-state index contributed by atoms with van der Waals surface area (Å²) in [5.74, 6) is 0.0610. The Labute approximate surface area is 129 Å². The van der Waals surface area contributed by atoms with E-state index in [0.717, 1.165) is 36.7 Å². The van der Waals surface area contributed by atoms with Crippen LogP contribution in [0.15, 0.2) is 30.5 Å². The molecule has 0 unspecified atom stereocenters. The molecule has 1 aliphatic rings. The van der Waals surface area contributed by atoms with E-state index in [9.17, 15) is 4.79 Å². The summed E-state index contributed by atoms with van der Waals surface area (Å²) in [7, 11) is 0. The number of halogens is 1. The van der Waals surface area contributed by atoms with Crippen LogP contribution in [0.1, 0.15) is 37.0 Å². The Morgan fingerprint density at radius 1 is 1.19 bits per heavy atom. The Morgan fingerprint density at radius 3 is 2.48 bits per heavy atom. The van der Waals surface area contributed by atoms with Crippen molar-refractivity contribution in [2.45, 2.75) is 26.7 Å². The highest BCUT2D eigenvalue weighted by Gasteiger charge is 2.29. The maximum Gasteiger partial charge on any atom is 0.256 e. The normalized spacial score (nSPS) is 18.0. The molecule has 110 valence electrons. The minimum Gasteiger partial charge on any atom is -0.339 e. The maximum absolute atomic E-state index is 12.8. The van der Waals surface area contributed by atoms with Crippen LogP contribution < -0.4 is 0 Å². The van der Waals surface area contributed by atoms with E-state index < -0.39 is 0 Å². The lowest BCUT2D eigenvalue weighted by atomic mass is 9.82. The fourth-order valence-corrected chi connectivity index (χ4v) is 3.03. The number of hydrogen-bond donors (Lipinski definition) is 0. The van der Waals surface area contributed by atoms with Crippen LogP contribution in [0.4, 0.5) is 0 Å². The minimum absolute atomic E-state index is 0.0610. The molecule has 0 saturated carbocycles. The van der Waals surface area contributed by atoms with Gasteiger partial charge in [0.25, 0.3) is 5.91 Å². The van der Waals surface area contributed by atoms with Crippen LogP contribution in [0.2, 0.25) is 5.15 Å². The van der Waals surface area contributed by atoms with Gasteiger partial charge in [-0.05, 0) is 23.6 Å². The van der Waals surface area contributed by atoms with Gasteiger partial charge in [0, 0.05) is 24.7 Å². The Morgan fingerprint density at radius 2 is 1.81 bits per heavy atom. The molecule has 21 heavy (non-hydrogen) atoms. The van der Waals surface area contributed by atoms with Gasteiger partial charge in [0.15, 0.2) is 0 Å². The number of fused-ring (bicyclic) bond motifs is 1. The van der Waals surface area contributed by atoms with Gasteiger partial charge < -0.3 is 4.90 Å². The van der Waals surface area contributed by atoms with Crippen molar-refractivity contribution in [1.82, 2.24) is 9.88 Å². The molecular weight excluding hydrogens is 284 g/mol. The van der Waals surface area contributed by atoms with Crippen LogP contribution in [0, 0.1) is 5.41 Å². The summed E-state index contributed by atoms with van der Waals surface area (Å²) < 4.78 is 0. The Balaban J connectivity index is 1.94. The van der Waals surface area contributed by atoms with Crippen molar-refractivity contribution in [3.8, 4) is 0 Å². The van der Waals surface area contributed by atoms with E-state index in [1.54, 1.807) is 6.20 Å². The van der Waals surface area contributed by atoms with Crippen molar-refractivity contribution in [2.24, 2.45) is 5.41 Å². The van der Waals surface area contributed by atoms with Crippen LogP contribution in [0.3, 0.4) is 0 Å². The molecule has 1 amide bonds. The Kier molecular flexibility index (Phi) is 3.62. The molecule has 0 atom stereocenters. The van der Waals surface area contributed by atoms with Gasteiger partial charge >= 0.3 is 0 Å². The first-order chi connectivity index (χ1) is 9.98. The number of benzene rings is 1. The summed E-state index contributed by atoms with van der Waals surface area (Å²) in [6.45, 7) is 6.13. The number of rotatable bonds is 1. The molecule has 1 aromatic carbocycles. The van der Waals surface area contributed by atoms with Gasteiger partial charge in [-0.1, -0.05) is 49.7 Å². The second-order valence-electron chi connectivity index (χ2n) is 6.46. The van der Waals surface area contributed by atoms with Crippen molar-refractivity contribution in [2.75, 3.05) is 13.1 Å². The highest BCUT2D eigenvalue weighted by Crippen LogP contribution is 2.31. The van der Waals surface area contributed by atoms with Crippen molar-refractivity contribution >= 4 is 28.3 Å². The van der Waals surface area contributed by atoms with E-state index in [1.165, 1.54) is 0 Å². The third kappa shape index (κ3) is 2.75. The molecule has 0 spiro atoms.